The highest BCUT2D eigenvalue weighted by atomic mass is 32.1. The van der Waals surface area contributed by atoms with Crippen LogP contribution in [0, 0.1) is 11.3 Å². The molecular formula is C12H9NOS. The van der Waals surface area contributed by atoms with Gasteiger partial charge in [-0.25, -0.2) is 0 Å². The highest BCUT2D eigenvalue weighted by molar-refractivity contribution is 7.10. The van der Waals surface area contributed by atoms with E-state index < -0.39 is 0 Å². The van der Waals surface area contributed by atoms with Gasteiger partial charge in [0.1, 0.15) is 0 Å². The Morgan fingerprint density at radius 2 is 2.20 bits per heavy atom. The van der Waals surface area contributed by atoms with Crippen LogP contribution >= 0.6 is 11.3 Å². The van der Waals surface area contributed by atoms with Crippen molar-refractivity contribution in [3.8, 4) is 17.2 Å². The molecule has 0 saturated heterocycles. The summed E-state index contributed by atoms with van der Waals surface area (Å²) in [5.74, 6) is 0. The van der Waals surface area contributed by atoms with Gasteiger partial charge in [0.05, 0.1) is 18.2 Å². The highest BCUT2D eigenvalue weighted by Gasteiger charge is 2.05. The van der Waals surface area contributed by atoms with Crippen molar-refractivity contribution >= 4 is 11.3 Å². The molecule has 2 rings (SSSR count). The minimum absolute atomic E-state index is 0.0454. The summed E-state index contributed by atoms with van der Waals surface area (Å²) in [4.78, 5) is 0.935. The molecule has 0 bridgehead atoms. The zero-order valence-corrected chi connectivity index (χ0v) is 8.79. The van der Waals surface area contributed by atoms with Crippen LogP contribution in [0.15, 0.2) is 35.7 Å². The Hall–Kier alpha value is -1.63. The Labute approximate surface area is 92.0 Å². The summed E-state index contributed by atoms with van der Waals surface area (Å²) in [6.45, 7) is 0.0454. The van der Waals surface area contributed by atoms with Crippen molar-refractivity contribution in [2.24, 2.45) is 0 Å². The number of hydrogen-bond acceptors (Lipinski definition) is 3. The molecule has 1 heterocycles. The van der Waals surface area contributed by atoms with Crippen molar-refractivity contribution in [2.75, 3.05) is 0 Å². The predicted molar refractivity (Wildman–Crippen MR) is 60.4 cm³/mol. The summed E-state index contributed by atoms with van der Waals surface area (Å²) >= 11 is 1.52. The van der Waals surface area contributed by atoms with Gasteiger partial charge in [-0.05, 0) is 34.7 Å². The number of rotatable bonds is 2. The summed E-state index contributed by atoms with van der Waals surface area (Å²) < 4.78 is 0. The topological polar surface area (TPSA) is 44.0 Å². The Bertz CT molecular complexity index is 510. The van der Waals surface area contributed by atoms with Gasteiger partial charge in [-0.1, -0.05) is 12.1 Å². The molecule has 1 N–H and O–H groups in total. The van der Waals surface area contributed by atoms with E-state index in [0.29, 0.717) is 5.56 Å². The van der Waals surface area contributed by atoms with Crippen molar-refractivity contribution in [2.45, 2.75) is 6.61 Å². The molecule has 0 unspecified atom stereocenters. The van der Waals surface area contributed by atoms with E-state index in [1.165, 1.54) is 11.3 Å². The molecule has 0 aliphatic carbocycles. The first-order valence-electron chi connectivity index (χ1n) is 4.53. The fourth-order valence-electron chi connectivity index (χ4n) is 1.48. The number of hydrogen-bond donors (Lipinski definition) is 1. The molecule has 0 amide bonds. The number of nitriles is 1. The number of aliphatic hydroxyl groups excluding tert-OH is 1. The summed E-state index contributed by atoms with van der Waals surface area (Å²) in [7, 11) is 0. The van der Waals surface area contributed by atoms with Crippen molar-refractivity contribution < 1.29 is 5.11 Å². The summed E-state index contributed by atoms with van der Waals surface area (Å²) in [6, 6.07) is 11.5. The van der Waals surface area contributed by atoms with Gasteiger partial charge in [0.25, 0.3) is 0 Å². The average Bonchev–Trinajstić information content (AvgIpc) is 2.77. The van der Waals surface area contributed by atoms with Crippen LogP contribution in [0.3, 0.4) is 0 Å². The lowest BCUT2D eigenvalue weighted by Gasteiger charge is -2.01. The average molecular weight is 215 g/mol. The van der Waals surface area contributed by atoms with Gasteiger partial charge in [-0.15, -0.1) is 11.3 Å². The molecular weight excluding hydrogens is 206 g/mol. The van der Waals surface area contributed by atoms with E-state index in [2.05, 4.69) is 6.07 Å². The van der Waals surface area contributed by atoms with Gasteiger partial charge >= 0.3 is 0 Å². The third-order valence-electron chi connectivity index (χ3n) is 2.19. The second kappa shape index (κ2) is 4.26. The Balaban J connectivity index is 2.50. The van der Waals surface area contributed by atoms with Crippen molar-refractivity contribution in [1.29, 1.82) is 5.26 Å². The molecule has 0 fully saturated rings. The molecule has 0 aliphatic heterocycles. The Morgan fingerprint density at radius 1 is 1.33 bits per heavy atom. The van der Waals surface area contributed by atoms with Crippen LogP contribution in [-0.2, 0) is 6.61 Å². The first kappa shape index (κ1) is 9.91. The van der Waals surface area contributed by atoms with Crippen LogP contribution in [0.1, 0.15) is 10.4 Å². The number of nitrogens with zero attached hydrogens (tertiary/aromatic N) is 1. The van der Waals surface area contributed by atoms with Gasteiger partial charge in [0, 0.05) is 4.88 Å². The third kappa shape index (κ3) is 1.91. The maximum atomic E-state index is 9.14. The minimum Gasteiger partial charge on any atom is -0.391 e. The molecule has 1 aromatic carbocycles. The standard InChI is InChI=1S/C12H9NOS/c13-7-9-2-1-3-10(6-9)11-4-5-15-12(11)8-14/h1-6,14H,8H2. The number of aliphatic hydroxyl groups is 1. The second-order valence-corrected chi connectivity index (χ2v) is 4.11. The molecule has 0 radical (unpaired) electrons. The number of benzene rings is 1. The molecule has 0 atom stereocenters. The van der Waals surface area contributed by atoms with Gasteiger partial charge in [-0.2, -0.15) is 5.26 Å². The molecule has 2 nitrogen and oxygen atoms in total. The quantitative estimate of drug-likeness (QED) is 0.837. The molecule has 2 aromatic rings. The van der Waals surface area contributed by atoms with E-state index in [-0.39, 0.29) is 6.61 Å². The molecule has 0 spiro atoms. The van der Waals surface area contributed by atoms with Crippen LogP contribution in [0.4, 0.5) is 0 Å². The fourth-order valence-corrected chi connectivity index (χ4v) is 2.23. The molecule has 1 aromatic heterocycles. The van der Waals surface area contributed by atoms with Crippen LogP contribution in [0.25, 0.3) is 11.1 Å². The van der Waals surface area contributed by atoms with Gasteiger partial charge in [-0.3, -0.25) is 0 Å². The maximum Gasteiger partial charge on any atom is 0.0991 e. The first-order chi connectivity index (χ1) is 7.35. The molecule has 3 heteroatoms. The Morgan fingerprint density at radius 3 is 2.93 bits per heavy atom. The van der Waals surface area contributed by atoms with Crippen LogP contribution < -0.4 is 0 Å². The van der Waals surface area contributed by atoms with Crippen molar-refractivity contribution in [3.05, 3.63) is 46.2 Å². The fraction of sp³-hybridized carbons (Fsp3) is 0.0833. The minimum atomic E-state index is 0.0454. The smallest absolute Gasteiger partial charge is 0.0991 e. The lowest BCUT2D eigenvalue weighted by Crippen LogP contribution is -1.83. The predicted octanol–water partition coefficient (Wildman–Crippen LogP) is 2.78. The first-order valence-corrected chi connectivity index (χ1v) is 5.41. The van der Waals surface area contributed by atoms with E-state index in [9.17, 15) is 0 Å². The SMILES string of the molecule is N#Cc1cccc(-c2ccsc2CO)c1. The Kier molecular flexibility index (Phi) is 2.82. The van der Waals surface area contributed by atoms with Crippen LogP contribution in [0.2, 0.25) is 0 Å². The molecule has 0 aliphatic rings. The highest BCUT2D eigenvalue weighted by Crippen LogP contribution is 2.28. The van der Waals surface area contributed by atoms with E-state index >= 15 is 0 Å². The van der Waals surface area contributed by atoms with Crippen LogP contribution in [-0.4, -0.2) is 5.11 Å². The second-order valence-electron chi connectivity index (χ2n) is 3.11. The summed E-state index contributed by atoms with van der Waals surface area (Å²) in [5, 5.41) is 19.9. The molecule has 74 valence electrons. The van der Waals surface area contributed by atoms with Gasteiger partial charge in [0.15, 0.2) is 0 Å². The van der Waals surface area contributed by atoms with Crippen LogP contribution in [0.5, 0.6) is 0 Å². The molecule has 0 saturated carbocycles. The monoisotopic (exact) mass is 215 g/mol. The van der Waals surface area contributed by atoms with E-state index in [1.54, 1.807) is 6.07 Å². The lowest BCUT2D eigenvalue weighted by molar-refractivity contribution is 0.286. The van der Waals surface area contributed by atoms with E-state index in [4.69, 9.17) is 10.4 Å². The largest absolute Gasteiger partial charge is 0.391 e. The third-order valence-corrected chi connectivity index (χ3v) is 3.10. The van der Waals surface area contributed by atoms with Crippen molar-refractivity contribution in [3.63, 3.8) is 0 Å². The normalized spacial score (nSPS) is 9.87. The van der Waals surface area contributed by atoms with E-state index in [1.807, 2.05) is 29.6 Å². The maximum absolute atomic E-state index is 9.14. The summed E-state index contributed by atoms with van der Waals surface area (Å²) in [6.07, 6.45) is 0. The summed E-state index contributed by atoms with van der Waals surface area (Å²) in [5.41, 5.74) is 2.64. The molecule has 15 heavy (non-hydrogen) atoms. The zero-order chi connectivity index (χ0) is 10.7. The van der Waals surface area contributed by atoms with Crippen molar-refractivity contribution in [1.82, 2.24) is 0 Å². The van der Waals surface area contributed by atoms with Gasteiger partial charge in [0.2, 0.25) is 0 Å². The lowest BCUT2D eigenvalue weighted by atomic mass is 10.0. The van der Waals surface area contributed by atoms with E-state index in [0.717, 1.165) is 16.0 Å². The number of thiophene rings is 1. The van der Waals surface area contributed by atoms with Gasteiger partial charge < -0.3 is 5.11 Å². The zero-order valence-electron chi connectivity index (χ0n) is 7.97.